The third-order valence-electron chi connectivity index (χ3n) is 1.87. The highest BCUT2D eigenvalue weighted by Gasteiger charge is 1.84. The van der Waals surface area contributed by atoms with Gasteiger partial charge in [0, 0.05) is 11.9 Å². The molecular weight excluding hydrogens is 170 g/mol. The zero-order chi connectivity index (χ0) is 10.2. The van der Waals surface area contributed by atoms with Gasteiger partial charge in [-0.05, 0) is 30.7 Å². The topological polar surface area (TPSA) is 12.0 Å². The van der Waals surface area contributed by atoms with Crippen molar-refractivity contribution in [1.29, 1.82) is 0 Å². The first kappa shape index (κ1) is 10.3. The molecule has 1 aromatic rings. The van der Waals surface area contributed by atoms with Gasteiger partial charge in [0.2, 0.25) is 0 Å². The quantitative estimate of drug-likeness (QED) is 0.704. The third kappa shape index (κ3) is 3.31. The van der Waals surface area contributed by atoms with E-state index in [1.54, 1.807) is 0 Å². The molecule has 1 nitrogen and oxygen atoms in total. The molecule has 0 spiro atoms. The Hall–Kier alpha value is -1.76. The number of hydrogen-bond donors (Lipinski definition) is 1. The van der Waals surface area contributed by atoms with Crippen LogP contribution in [0.1, 0.15) is 6.92 Å². The van der Waals surface area contributed by atoms with Crippen molar-refractivity contribution >= 4 is 5.69 Å². The minimum absolute atomic E-state index is 1.09. The van der Waals surface area contributed by atoms with Crippen LogP contribution in [0.25, 0.3) is 0 Å². The molecule has 0 aromatic heterocycles. The van der Waals surface area contributed by atoms with E-state index in [9.17, 15) is 0 Å². The maximum Gasteiger partial charge on any atom is 0.0379 e. The van der Waals surface area contributed by atoms with Gasteiger partial charge in [-0.2, -0.15) is 0 Å². The van der Waals surface area contributed by atoms with Gasteiger partial charge in [0.05, 0.1) is 0 Å². The normalized spacial score (nSPS) is 11.6. The Kier molecular flexibility index (Phi) is 4.29. The van der Waals surface area contributed by atoms with Gasteiger partial charge in [-0.15, -0.1) is 0 Å². The molecule has 1 N–H and O–H groups in total. The van der Waals surface area contributed by atoms with Crippen LogP contribution in [-0.2, 0) is 0 Å². The van der Waals surface area contributed by atoms with Crippen LogP contribution < -0.4 is 5.32 Å². The number of anilines is 1. The molecule has 0 fully saturated rings. The number of benzene rings is 1. The van der Waals surface area contributed by atoms with Gasteiger partial charge >= 0.3 is 0 Å². The first-order valence-corrected chi connectivity index (χ1v) is 4.63. The molecule has 1 rings (SSSR count). The van der Waals surface area contributed by atoms with Gasteiger partial charge in [0.1, 0.15) is 0 Å². The number of allylic oxidation sites excluding steroid dienone is 4. The molecule has 0 saturated carbocycles. The summed E-state index contributed by atoms with van der Waals surface area (Å²) in [7, 11) is 0. The molecule has 1 heteroatoms. The largest absolute Gasteiger partial charge is 0.362 e. The highest BCUT2D eigenvalue weighted by atomic mass is 14.8. The van der Waals surface area contributed by atoms with Crippen molar-refractivity contribution in [3.8, 4) is 0 Å². The standard InChI is InChI=1S/C13H15N/c1-3-12(4-2)10-11-14-13-8-6-5-7-9-13/h3-11,14H,1H2,2H3/b11-10-,12-4-. The Morgan fingerprint density at radius 3 is 2.57 bits per heavy atom. The van der Waals surface area contributed by atoms with Crippen LogP contribution in [0.4, 0.5) is 5.69 Å². The second kappa shape index (κ2) is 5.81. The Balaban J connectivity index is 2.53. The summed E-state index contributed by atoms with van der Waals surface area (Å²) in [6, 6.07) is 10.0. The molecule has 0 aliphatic rings. The molecule has 0 heterocycles. The van der Waals surface area contributed by atoms with Crippen LogP contribution in [0, 0.1) is 0 Å². The van der Waals surface area contributed by atoms with Crippen molar-refractivity contribution in [1.82, 2.24) is 0 Å². The van der Waals surface area contributed by atoms with Crippen molar-refractivity contribution in [3.05, 3.63) is 66.9 Å². The molecule has 0 atom stereocenters. The lowest BCUT2D eigenvalue weighted by molar-refractivity contribution is 1.54. The Labute approximate surface area is 85.5 Å². The number of rotatable bonds is 4. The molecule has 0 aliphatic carbocycles. The molecule has 14 heavy (non-hydrogen) atoms. The summed E-state index contributed by atoms with van der Waals surface area (Å²) < 4.78 is 0. The molecule has 1 aromatic carbocycles. The molecule has 0 unspecified atom stereocenters. The van der Waals surface area contributed by atoms with E-state index in [0.29, 0.717) is 0 Å². The molecule has 0 saturated heterocycles. The number of para-hydroxylation sites is 1. The van der Waals surface area contributed by atoms with E-state index >= 15 is 0 Å². The summed E-state index contributed by atoms with van der Waals surface area (Å²) in [4.78, 5) is 0. The summed E-state index contributed by atoms with van der Waals surface area (Å²) >= 11 is 0. The molecular formula is C13H15N. The van der Waals surface area contributed by atoms with Crippen molar-refractivity contribution in [2.24, 2.45) is 0 Å². The number of nitrogens with one attached hydrogen (secondary N) is 1. The monoisotopic (exact) mass is 185 g/mol. The molecule has 0 aliphatic heterocycles. The molecule has 72 valence electrons. The van der Waals surface area contributed by atoms with E-state index in [0.717, 1.165) is 11.3 Å². The van der Waals surface area contributed by atoms with Crippen molar-refractivity contribution in [2.75, 3.05) is 5.32 Å². The van der Waals surface area contributed by atoms with E-state index < -0.39 is 0 Å². The zero-order valence-electron chi connectivity index (χ0n) is 8.40. The minimum atomic E-state index is 1.09. The van der Waals surface area contributed by atoms with Gasteiger partial charge in [-0.1, -0.05) is 36.9 Å². The lowest BCUT2D eigenvalue weighted by atomic mass is 10.2. The van der Waals surface area contributed by atoms with E-state index in [-0.39, 0.29) is 0 Å². The summed E-state index contributed by atoms with van der Waals surface area (Å²) in [6.45, 7) is 5.70. The maximum absolute atomic E-state index is 3.71. The fourth-order valence-electron chi connectivity index (χ4n) is 1.05. The summed E-state index contributed by atoms with van der Waals surface area (Å²) in [5, 5.41) is 3.17. The van der Waals surface area contributed by atoms with Crippen LogP contribution >= 0.6 is 0 Å². The smallest absolute Gasteiger partial charge is 0.0379 e. The van der Waals surface area contributed by atoms with Crippen LogP contribution in [-0.4, -0.2) is 0 Å². The predicted molar refractivity (Wildman–Crippen MR) is 63.2 cm³/mol. The fraction of sp³-hybridized carbons (Fsp3) is 0.0769. The Morgan fingerprint density at radius 2 is 2.00 bits per heavy atom. The van der Waals surface area contributed by atoms with E-state index in [1.807, 2.05) is 61.7 Å². The van der Waals surface area contributed by atoms with E-state index in [4.69, 9.17) is 0 Å². The van der Waals surface area contributed by atoms with Gasteiger partial charge < -0.3 is 5.32 Å². The van der Waals surface area contributed by atoms with E-state index in [1.165, 1.54) is 0 Å². The average Bonchev–Trinajstić information content (AvgIpc) is 2.26. The lowest BCUT2D eigenvalue weighted by Gasteiger charge is -1.98. The molecule has 0 radical (unpaired) electrons. The second-order valence-electron chi connectivity index (χ2n) is 2.84. The highest BCUT2D eigenvalue weighted by molar-refractivity contribution is 5.46. The van der Waals surface area contributed by atoms with Gasteiger partial charge in [0.25, 0.3) is 0 Å². The maximum atomic E-state index is 3.71. The van der Waals surface area contributed by atoms with Crippen molar-refractivity contribution < 1.29 is 0 Å². The van der Waals surface area contributed by atoms with Gasteiger partial charge in [0.15, 0.2) is 0 Å². The number of hydrogen-bond acceptors (Lipinski definition) is 1. The van der Waals surface area contributed by atoms with Crippen LogP contribution in [0.2, 0.25) is 0 Å². The third-order valence-corrected chi connectivity index (χ3v) is 1.87. The summed E-state index contributed by atoms with van der Waals surface area (Å²) in [6.07, 6.45) is 7.73. The first-order chi connectivity index (χ1) is 6.86. The Morgan fingerprint density at radius 1 is 1.29 bits per heavy atom. The summed E-state index contributed by atoms with van der Waals surface area (Å²) in [5.41, 5.74) is 2.19. The Bertz CT molecular complexity index is 334. The van der Waals surface area contributed by atoms with Gasteiger partial charge in [-0.25, -0.2) is 0 Å². The van der Waals surface area contributed by atoms with Crippen molar-refractivity contribution in [3.63, 3.8) is 0 Å². The lowest BCUT2D eigenvalue weighted by Crippen LogP contribution is -1.85. The molecule has 0 amide bonds. The SMILES string of the molecule is C=CC(/C=C\Nc1ccccc1)=C/C. The fourth-order valence-corrected chi connectivity index (χ4v) is 1.05. The van der Waals surface area contributed by atoms with Crippen molar-refractivity contribution in [2.45, 2.75) is 6.92 Å². The van der Waals surface area contributed by atoms with Crippen LogP contribution in [0.3, 0.4) is 0 Å². The molecule has 0 bridgehead atoms. The summed E-state index contributed by atoms with van der Waals surface area (Å²) in [5.74, 6) is 0. The average molecular weight is 185 g/mol. The highest BCUT2D eigenvalue weighted by Crippen LogP contribution is 2.05. The van der Waals surface area contributed by atoms with Crippen LogP contribution in [0.5, 0.6) is 0 Å². The second-order valence-corrected chi connectivity index (χ2v) is 2.84. The predicted octanol–water partition coefficient (Wildman–Crippen LogP) is 3.74. The zero-order valence-corrected chi connectivity index (χ0v) is 8.40. The van der Waals surface area contributed by atoms with E-state index in [2.05, 4.69) is 11.9 Å². The van der Waals surface area contributed by atoms with Crippen LogP contribution in [0.15, 0.2) is 66.9 Å². The first-order valence-electron chi connectivity index (χ1n) is 4.63. The minimum Gasteiger partial charge on any atom is -0.362 e. The van der Waals surface area contributed by atoms with Gasteiger partial charge in [-0.3, -0.25) is 0 Å².